The Labute approximate surface area is 116 Å². The van der Waals surface area contributed by atoms with E-state index in [1.807, 2.05) is 0 Å². The smallest absolute Gasteiger partial charge is 0.225 e. The molecule has 1 amide bonds. The maximum absolute atomic E-state index is 13.4. The molecule has 1 N–H and O–H groups in total. The van der Waals surface area contributed by atoms with Gasteiger partial charge in [0.05, 0.1) is 11.8 Å². The van der Waals surface area contributed by atoms with Crippen molar-refractivity contribution in [1.82, 2.24) is 4.90 Å². The van der Waals surface area contributed by atoms with Gasteiger partial charge in [0.25, 0.3) is 0 Å². The van der Waals surface area contributed by atoms with E-state index in [-0.39, 0.29) is 24.1 Å². The number of nitrogens with zero attached hydrogens (tertiary/aromatic N) is 1. The standard InChI is InChI=1S/C14H18F2N2O2/c1-20-11-4-6-18(9-11)7-5-14(19)17-13-8-10(15)2-3-12(13)16/h2-3,8,11H,4-7,9H2,1H3,(H,17,19). The molecule has 20 heavy (non-hydrogen) atoms. The van der Waals surface area contributed by atoms with Crippen LogP contribution in [0, 0.1) is 11.6 Å². The number of nitrogens with one attached hydrogen (secondary N) is 1. The second kappa shape index (κ2) is 6.76. The van der Waals surface area contributed by atoms with Crippen molar-refractivity contribution >= 4 is 11.6 Å². The van der Waals surface area contributed by atoms with Crippen molar-refractivity contribution in [3.05, 3.63) is 29.8 Å². The molecule has 0 saturated carbocycles. The van der Waals surface area contributed by atoms with E-state index in [0.717, 1.165) is 37.7 Å². The van der Waals surface area contributed by atoms with Crippen LogP contribution in [0.5, 0.6) is 0 Å². The molecule has 1 aliphatic rings. The zero-order valence-corrected chi connectivity index (χ0v) is 11.4. The maximum Gasteiger partial charge on any atom is 0.225 e. The van der Waals surface area contributed by atoms with Gasteiger partial charge in [0.15, 0.2) is 0 Å². The van der Waals surface area contributed by atoms with E-state index in [2.05, 4.69) is 10.2 Å². The fourth-order valence-corrected chi connectivity index (χ4v) is 2.26. The van der Waals surface area contributed by atoms with Crippen LogP contribution in [-0.2, 0) is 9.53 Å². The highest BCUT2D eigenvalue weighted by Gasteiger charge is 2.22. The van der Waals surface area contributed by atoms with Crippen LogP contribution in [0.25, 0.3) is 0 Å². The SMILES string of the molecule is COC1CCN(CCC(=O)Nc2cc(F)ccc2F)C1. The highest BCUT2D eigenvalue weighted by molar-refractivity contribution is 5.90. The summed E-state index contributed by atoms with van der Waals surface area (Å²) in [5.41, 5.74) is -0.119. The van der Waals surface area contributed by atoms with Crippen molar-refractivity contribution in [3.63, 3.8) is 0 Å². The van der Waals surface area contributed by atoms with Gasteiger partial charge in [-0.25, -0.2) is 8.78 Å². The maximum atomic E-state index is 13.4. The lowest BCUT2D eigenvalue weighted by molar-refractivity contribution is -0.116. The molecule has 0 aliphatic carbocycles. The monoisotopic (exact) mass is 284 g/mol. The van der Waals surface area contributed by atoms with Gasteiger partial charge in [-0.1, -0.05) is 0 Å². The minimum absolute atomic E-state index is 0.119. The first-order valence-corrected chi connectivity index (χ1v) is 6.58. The minimum atomic E-state index is -0.639. The highest BCUT2D eigenvalue weighted by atomic mass is 19.1. The van der Waals surface area contributed by atoms with Crippen LogP contribution >= 0.6 is 0 Å². The number of ether oxygens (including phenoxy) is 1. The molecule has 1 fully saturated rings. The molecule has 2 rings (SSSR count). The first-order chi connectivity index (χ1) is 9.58. The number of hydrogen-bond acceptors (Lipinski definition) is 3. The Balaban J connectivity index is 1.79. The summed E-state index contributed by atoms with van der Waals surface area (Å²) in [6.07, 6.45) is 1.42. The zero-order valence-electron chi connectivity index (χ0n) is 11.4. The third-order valence-corrected chi connectivity index (χ3v) is 3.42. The van der Waals surface area contributed by atoms with E-state index in [0.29, 0.717) is 6.54 Å². The second-order valence-electron chi connectivity index (χ2n) is 4.87. The van der Waals surface area contributed by atoms with Gasteiger partial charge in [-0.05, 0) is 18.6 Å². The Kier molecular flexibility index (Phi) is 5.03. The number of amides is 1. The van der Waals surface area contributed by atoms with E-state index in [1.165, 1.54) is 0 Å². The summed E-state index contributed by atoms with van der Waals surface area (Å²) in [6, 6.07) is 2.98. The van der Waals surface area contributed by atoms with Gasteiger partial charge < -0.3 is 15.0 Å². The van der Waals surface area contributed by atoms with E-state index in [9.17, 15) is 13.6 Å². The van der Waals surface area contributed by atoms with Crippen molar-refractivity contribution in [2.24, 2.45) is 0 Å². The van der Waals surface area contributed by atoms with Crippen LogP contribution in [0.1, 0.15) is 12.8 Å². The van der Waals surface area contributed by atoms with Crippen LogP contribution in [0.15, 0.2) is 18.2 Å². The van der Waals surface area contributed by atoms with Gasteiger partial charge in [-0.15, -0.1) is 0 Å². The van der Waals surface area contributed by atoms with Crippen LogP contribution < -0.4 is 5.32 Å². The summed E-state index contributed by atoms with van der Waals surface area (Å²) < 4.78 is 31.6. The van der Waals surface area contributed by atoms with Crippen LogP contribution in [-0.4, -0.2) is 43.7 Å². The summed E-state index contributed by atoms with van der Waals surface area (Å²) in [6.45, 7) is 2.28. The lowest BCUT2D eigenvalue weighted by atomic mass is 10.2. The number of hydrogen-bond donors (Lipinski definition) is 1. The Bertz CT molecular complexity index is 482. The van der Waals surface area contributed by atoms with Crippen LogP contribution in [0.2, 0.25) is 0 Å². The number of methoxy groups -OCH3 is 1. The third kappa shape index (κ3) is 3.98. The topological polar surface area (TPSA) is 41.6 Å². The van der Waals surface area contributed by atoms with E-state index in [1.54, 1.807) is 7.11 Å². The summed E-state index contributed by atoms with van der Waals surface area (Å²) in [4.78, 5) is 13.8. The molecule has 4 nitrogen and oxygen atoms in total. The normalized spacial score (nSPS) is 19.2. The summed E-state index contributed by atoms with van der Waals surface area (Å²) in [7, 11) is 1.67. The van der Waals surface area contributed by atoms with Crippen molar-refractivity contribution in [1.29, 1.82) is 0 Å². The summed E-state index contributed by atoms with van der Waals surface area (Å²) >= 11 is 0. The Morgan fingerprint density at radius 3 is 3.00 bits per heavy atom. The fourth-order valence-electron chi connectivity index (χ4n) is 2.26. The molecule has 1 aromatic carbocycles. The number of halogens is 2. The lowest BCUT2D eigenvalue weighted by Crippen LogP contribution is -2.27. The summed E-state index contributed by atoms with van der Waals surface area (Å²) in [5, 5.41) is 2.39. The third-order valence-electron chi connectivity index (χ3n) is 3.42. The average molecular weight is 284 g/mol. The molecular formula is C14H18F2N2O2. The molecular weight excluding hydrogens is 266 g/mol. The van der Waals surface area contributed by atoms with Gasteiger partial charge in [-0.2, -0.15) is 0 Å². The molecule has 1 atom stereocenters. The van der Waals surface area contributed by atoms with Gasteiger partial charge >= 0.3 is 0 Å². The second-order valence-corrected chi connectivity index (χ2v) is 4.87. The quantitative estimate of drug-likeness (QED) is 0.899. The molecule has 0 spiro atoms. The predicted octanol–water partition coefficient (Wildman–Crippen LogP) is 2.01. The fraction of sp³-hybridized carbons (Fsp3) is 0.500. The molecule has 0 radical (unpaired) electrons. The highest BCUT2D eigenvalue weighted by Crippen LogP contribution is 2.16. The van der Waals surface area contributed by atoms with Gasteiger partial charge in [-0.3, -0.25) is 4.79 Å². The van der Waals surface area contributed by atoms with E-state index >= 15 is 0 Å². The lowest BCUT2D eigenvalue weighted by Gasteiger charge is -2.15. The summed E-state index contributed by atoms with van der Waals surface area (Å²) in [5.74, 6) is -1.54. The van der Waals surface area contributed by atoms with E-state index in [4.69, 9.17) is 4.74 Å². The van der Waals surface area contributed by atoms with Crippen molar-refractivity contribution < 1.29 is 18.3 Å². The molecule has 1 saturated heterocycles. The molecule has 0 aromatic heterocycles. The number of carbonyl (C=O) groups is 1. The number of benzene rings is 1. The first kappa shape index (κ1) is 14.9. The molecule has 110 valence electrons. The number of likely N-dealkylation sites (tertiary alicyclic amines) is 1. The van der Waals surface area contributed by atoms with Crippen LogP contribution in [0.3, 0.4) is 0 Å². The molecule has 1 unspecified atom stereocenters. The Morgan fingerprint density at radius 1 is 1.50 bits per heavy atom. The largest absolute Gasteiger partial charge is 0.380 e. The Morgan fingerprint density at radius 2 is 2.30 bits per heavy atom. The average Bonchev–Trinajstić information content (AvgIpc) is 2.89. The molecule has 6 heteroatoms. The van der Waals surface area contributed by atoms with Gasteiger partial charge in [0.1, 0.15) is 11.6 Å². The number of carbonyl (C=O) groups excluding carboxylic acids is 1. The van der Waals surface area contributed by atoms with Gasteiger partial charge in [0.2, 0.25) is 5.91 Å². The molecule has 0 bridgehead atoms. The molecule has 1 heterocycles. The molecule has 1 aliphatic heterocycles. The minimum Gasteiger partial charge on any atom is -0.380 e. The predicted molar refractivity (Wildman–Crippen MR) is 71.5 cm³/mol. The number of rotatable bonds is 5. The van der Waals surface area contributed by atoms with Crippen molar-refractivity contribution in [3.8, 4) is 0 Å². The Hall–Kier alpha value is -1.53. The molecule has 1 aromatic rings. The van der Waals surface area contributed by atoms with Crippen molar-refractivity contribution in [2.45, 2.75) is 18.9 Å². The first-order valence-electron chi connectivity index (χ1n) is 6.58. The van der Waals surface area contributed by atoms with Crippen molar-refractivity contribution in [2.75, 3.05) is 32.1 Å². The van der Waals surface area contributed by atoms with Gasteiger partial charge in [0, 0.05) is 39.2 Å². The van der Waals surface area contributed by atoms with Crippen LogP contribution in [0.4, 0.5) is 14.5 Å². The van der Waals surface area contributed by atoms with E-state index < -0.39 is 11.6 Å². The zero-order chi connectivity index (χ0) is 14.5. The number of anilines is 1.